The molecule has 0 aliphatic carbocycles. The highest BCUT2D eigenvalue weighted by molar-refractivity contribution is 5.93. The predicted molar refractivity (Wildman–Crippen MR) is 113 cm³/mol. The maximum absolute atomic E-state index is 9.51. The van der Waals surface area contributed by atoms with Crippen molar-refractivity contribution in [3.05, 3.63) is 83.9 Å². The summed E-state index contributed by atoms with van der Waals surface area (Å²) in [4.78, 5) is 4.52. The van der Waals surface area contributed by atoms with Crippen molar-refractivity contribution < 1.29 is 9.47 Å². The molecule has 0 amide bonds. The third kappa shape index (κ3) is 4.04. The van der Waals surface area contributed by atoms with Crippen LogP contribution in [-0.2, 0) is 6.61 Å². The molecule has 3 aromatic carbocycles. The quantitative estimate of drug-likeness (QED) is 0.487. The van der Waals surface area contributed by atoms with E-state index in [9.17, 15) is 5.26 Å². The molecule has 0 spiro atoms. The van der Waals surface area contributed by atoms with Crippen LogP contribution in [0.2, 0.25) is 0 Å². The van der Waals surface area contributed by atoms with Crippen LogP contribution in [0.25, 0.3) is 10.9 Å². The number of anilines is 2. The molecule has 0 unspecified atom stereocenters. The van der Waals surface area contributed by atoms with Crippen molar-refractivity contribution in [2.45, 2.75) is 6.61 Å². The Hall–Kier alpha value is -4.24. The van der Waals surface area contributed by atoms with Gasteiger partial charge in [-0.25, -0.2) is 4.98 Å². The van der Waals surface area contributed by atoms with Gasteiger partial charge in [0.25, 0.3) is 0 Å². The van der Waals surface area contributed by atoms with Crippen LogP contribution >= 0.6 is 0 Å². The minimum atomic E-state index is 0.345. The Morgan fingerprint density at radius 3 is 2.41 bits per heavy atom. The van der Waals surface area contributed by atoms with Gasteiger partial charge in [0.05, 0.1) is 11.1 Å². The Balaban J connectivity index is 1.67. The Labute approximate surface area is 167 Å². The lowest BCUT2D eigenvalue weighted by atomic mass is 10.1. The lowest BCUT2D eigenvalue weighted by molar-refractivity contribution is 0.305. The highest BCUT2D eigenvalue weighted by Crippen LogP contribution is 2.32. The zero-order valence-corrected chi connectivity index (χ0v) is 15.5. The van der Waals surface area contributed by atoms with Gasteiger partial charge in [0.2, 0.25) is 5.88 Å². The van der Waals surface area contributed by atoms with E-state index in [1.807, 2.05) is 30.3 Å². The van der Waals surface area contributed by atoms with Crippen molar-refractivity contribution >= 4 is 22.3 Å². The number of fused-ring (bicyclic) bond motifs is 1. The number of rotatable bonds is 5. The first kappa shape index (κ1) is 18.1. The number of benzene rings is 3. The molecule has 1 aromatic heterocycles. The number of aromatic nitrogens is 1. The first-order chi connectivity index (χ1) is 14.1. The van der Waals surface area contributed by atoms with Gasteiger partial charge in [-0.1, -0.05) is 30.3 Å². The van der Waals surface area contributed by atoms with Crippen LogP contribution in [0.5, 0.6) is 17.4 Å². The minimum Gasteiger partial charge on any atom is -0.487 e. The first-order valence-electron chi connectivity index (χ1n) is 8.97. The predicted octanol–water partition coefficient (Wildman–Crippen LogP) is 4.64. The van der Waals surface area contributed by atoms with Gasteiger partial charge in [0.1, 0.15) is 24.2 Å². The second kappa shape index (κ2) is 7.79. The molecule has 1 heterocycles. The van der Waals surface area contributed by atoms with E-state index in [0.29, 0.717) is 51.8 Å². The topological polar surface area (TPSA) is 107 Å². The fourth-order valence-corrected chi connectivity index (χ4v) is 2.91. The number of ether oxygens (including phenoxy) is 2. The van der Waals surface area contributed by atoms with E-state index in [0.717, 1.165) is 5.56 Å². The van der Waals surface area contributed by atoms with Crippen LogP contribution < -0.4 is 20.9 Å². The van der Waals surface area contributed by atoms with Crippen LogP contribution in [0.3, 0.4) is 0 Å². The molecule has 0 aliphatic rings. The fourth-order valence-electron chi connectivity index (χ4n) is 2.91. The summed E-state index contributed by atoms with van der Waals surface area (Å²) in [5.74, 6) is 1.39. The van der Waals surface area contributed by atoms with E-state index in [2.05, 4.69) is 11.1 Å². The molecule has 0 bridgehead atoms. The molecular weight excluding hydrogens is 364 g/mol. The number of nitriles is 1. The zero-order chi connectivity index (χ0) is 20.2. The van der Waals surface area contributed by atoms with Crippen LogP contribution in [0.4, 0.5) is 11.4 Å². The van der Waals surface area contributed by atoms with Crippen molar-refractivity contribution in [3.63, 3.8) is 0 Å². The van der Waals surface area contributed by atoms with Crippen molar-refractivity contribution in [2.75, 3.05) is 11.5 Å². The van der Waals surface area contributed by atoms with Gasteiger partial charge in [-0.3, -0.25) is 0 Å². The summed E-state index contributed by atoms with van der Waals surface area (Å²) in [6.45, 7) is 0.345. The zero-order valence-electron chi connectivity index (χ0n) is 15.5. The highest BCUT2D eigenvalue weighted by Gasteiger charge is 2.12. The van der Waals surface area contributed by atoms with Crippen LogP contribution in [0, 0.1) is 11.3 Å². The maximum Gasteiger partial charge on any atom is 0.221 e. The van der Waals surface area contributed by atoms with E-state index in [1.54, 1.807) is 42.5 Å². The molecule has 0 atom stereocenters. The van der Waals surface area contributed by atoms with Crippen molar-refractivity contribution in [2.24, 2.45) is 0 Å². The van der Waals surface area contributed by atoms with E-state index in [1.165, 1.54) is 0 Å². The van der Waals surface area contributed by atoms with Gasteiger partial charge in [-0.2, -0.15) is 5.26 Å². The third-order valence-electron chi connectivity index (χ3n) is 4.38. The molecular formula is C23H18N4O2. The van der Waals surface area contributed by atoms with E-state index >= 15 is 0 Å². The van der Waals surface area contributed by atoms with Crippen molar-refractivity contribution in [1.82, 2.24) is 4.98 Å². The number of pyridine rings is 1. The van der Waals surface area contributed by atoms with Gasteiger partial charge in [-0.15, -0.1) is 0 Å². The van der Waals surface area contributed by atoms with E-state index in [4.69, 9.17) is 20.9 Å². The molecule has 0 saturated carbocycles. The average Bonchev–Trinajstić information content (AvgIpc) is 2.74. The molecule has 4 rings (SSSR count). The molecule has 4 N–H and O–H groups in total. The number of nitrogen functional groups attached to an aromatic ring is 2. The summed E-state index contributed by atoms with van der Waals surface area (Å²) in [5.41, 5.74) is 15.0. The van der Waals surface area contributed by atoms with Crippen molar-refractivity contribution in [1.29, 1.82) is 5.26 Å². The summed E-state index contributed by atoms with van der Waals surface area (Å²) in [7, 11) is 0. The lowest BCUT2D eigenvalue weighted by Gasteiger charge is -2.12. The third-order valence-corrected chi connectivity index (χ3v) is 4.38. The second-order valence-corrected chi connectivity index (χ2v) is 6.47. The summed E-state index contributed by atoms with van der Waals surface area (Å²) in [6.07, 6.45) is 0. The standard InChI is InChI=1S/C23H18N4O2/c24-13-16-10-19-20(26)11-23(29-18-8-6-17(25)7-9-18)27-21(19)12-22(16)28-14-15-4-2-1-3-5-15/h1-12H,14,25H2,(H2,26,27). The van der Waals surface area contributed by atoms with E-state index in [-0.39, 0.29) is 0 Å². The average molecular weight is 382 g/mol. The van der Waals surface area contributed by atoms with Gasteiger partial charge in [0, 0.05) is 28.9 Å². The first-order valence-corrected chi connectivity index (χ1v) is 8.97. The molecule has 29 heavy (non-hydrogen) atoms. The Kier molecular flexibility index (Phi) is 4.87. The second-order valence-electron chi connectivity index (χ2n) is 6.47. The molecule has 0 radical (unpaired) electrons. The Morgan fingerprint density at radius 2 is 1.69 bits per heavy atom. The number of nitrogens with zero attached hydrogens (tertiary/aromatic N) is 2. The molecule has 4 aromatic rings. The summed E-state index contributed by atoms with van der Waals surface area (Å²) in [5, 5.41) is 10.2. The van der Waals surface area contributed by atoms with Crippen LogP contribution in [0.15, 0.2) is 72.8 Å². The molecule has 0 fully saturated rings. The maximum atomic E-state index is 9.51. The molecule has 6 nitrogen and oxygen atoms in total. The minimum absolute atomic E-state index is 0.345. The Morgan fingerprint density at radius 1 is 0.931 bits per heavy atom. The van der Waals surface area contributed by atoms with Crippen LogP contribution in [0.1, 0.15) is 11.1 Å². The van der Waals surface area contributed by atoms with Gasteiger partial charge >= 0.3 is 0 Å². The normalized spacial score (nSPS) is 10.4. The lowest BCUT2D eigenvalue weighted by Crippen LogP contribution is -1.99. The molecule has 0 saturated heterocycles. The number of hydrogen-bond acceptors (Lipinski definition) is 6. The Bertz CT molecular complexity index is 1200. The van der Waals surface area contributed by atoms with Gasteiger partial charge in [0.15, 0.2) is 0 Å². The van der Waals surface area contributed by atoms with E-state index < -0.39 is 0 Å². The molecule has 6 heteroatoms. The summed E-state index contributed by atoms with van der Waals surface area (Å²) >= 11 is 0. The van der Waals surface area contributed by atoms with Gasteiger partial charge in [-0.05, 0) is 35.9 Å². The fraction of sp³-hybridized carbons (Fsp3) is 0.0435. The van der Waals surface area contributed by atoms with Crippen LogP contribution in [-0.4, -0.2) is 4.98 Å². The largest absolute Gasteiger partial charge is 0.487 e. The smallest absolute Gasteiger partial charge is 0.221 e. The van der Waals surface area contributed by atoms with Crippen molar-refractivity contribution in [3.8, 4) is 23.4 Å². The number of nitrogens with two attached hydrogens (primary N) is 2. The monoisotopic (exact) mass is 382 g/mol. The SMILES string of the molecule is N#Cc1cc2c(N)cc(Oc3ccc(N)cc3)nc2cc1OCc1ccccc1. The number of hydrogen-bond donors (Lipinski definition) is 2. The molecule has 0 aliphatic heterocycles. The highest BCUT2D eigenvalue weighted by atomic mass is 16.5. The summed E-state index contributed by atoms with van der Waals surface area (Å²) in [6, 6.07) is 23.9. The molecule has 142 valence electrons. The summed E-state index contributed by atoms with van der Waals surface area (Å²) < 4.78 is 11.7. The van der Waals surface area contributed by atoms with Gasteiger partial charge < -0.3 is 20.9 Å².